The van der Waals surface area contributed by atoms with Crippen LogP contribution in [-0.4, -0.2) is 25.5 Å². The third-order valence-electron chi connectivity index (χ3n) is 3.75. The zero-order chi connectivity index (χ0) is 13.3. The predicted molar refractivity (Wildman–Crippen MR) is 61.0 cm³/mol. The van der Waals surface area contributed by atoms with Crippen molar-refractivity contribution in [2.75, 3.05) is 7.11 Å². The summed E-state index contributed by atoms with van der Waals surface area (Å²) < 4.78 is 15.0. The number of esters is 1. The lowest BCUT2D eigenvalue weighted by Gasteiger charge is -2.34. The monoisotopic (exact) mass is 255 g/mol. The van der Waals surface area contributed by atoms with Crippen molar-refractivity contribution in [3.63, 3.8) is 0 Å². The first-order chi connectivity index (χ1) is 8.54. The molecule has 0 aromatic carbocycles. The number of carbonyl (C=O) groups excluding carboxylic acids is 2. The lowest BCUT2D eigenvalue weighted by molar-refractivity contribution is -0.144. The largest absolute Gasteiger partial charge is 0.466 e. The first-order valence-corrected chi connectivity index (χ1v) is 5.94. The molecule has 6 nitrogen and oxygen atoms in total. The van der Waals surface area contributed by atoms with Gasteiger partial charge >= 0.3 is 12.1 Å². The van der Waals surface area contributed by atoms with E-state index < -0.39 is 18.4 Å². The highest BCUT2D eigenvalue weighted by molar-refractivity contribution is 5.89. The van der Waals surface area contributed by atoms with Gasteiger partial charge in [-0.1, -0.05) is 6.92 Å². The molecule has 1 amide bonds. The predicted octanol–water partition coefficient (Wildman–Crippen LogP) is 1.16. The Bertz CT molecular complexity index is 392. The minimum atomic E-state index is -0.868. The summed E-state index contributed by atoms with van der Waals surface area (Å²) in [6.45, 7) is 2.05. The number of rotatable bonds is 2. The highest BCUT2D eigenvalue weighted by atomic mass is 16.7. The van der Waals surface area contributed by atoms with Crippen molar-refractivity contribution in [3.8, 4) is 0 Å². The van der Waals surface area contributed by atoms with Crippen molar-refractivity contribution in [2.45, 2.75) is 26.1 Å². The van der Waals surface area contributed by atoms with Gasteiger partial charge in [0.05, 0.1) is 18.9 Å². The van der Waals surface area contributed by atoms with E-state index in [0.717, 1.165) is 12.8 Å². The average Bonchev–Trinajstić information content (AvgIpc) is 2.71. The number of amides is 1. The molecule has 0 spiro atoms. The van der Waals surface area contributed by atoms with Gasteiger partial charge in [0.2, 0.25) is 6.29 Å². The Kier molecular flexibility index (Phi) is 3.45. The molecule has 2 aliphatic rings. The lowest BCUT2D eigenvalue weighted by atomic mass is 9.83. The summed E-state index contributed by atoms with van der Waals surface area (Å²) >= 11 is 0. The van der Waals surface area contributed by atoms with Crippen LogP contribution in [0.3, 0.4) is 0 Å². The Morgan fingerprint density at radius 1 is 1.44 bits per heavy atom. The summed E-state index contributed by atoms with van der Waals surface area (Å²) in [5.41, 5.74) is 5.53. The molecular formula is C12H17NO5. The lowest BCUT2D eigenvalue weighted by Crippen LogP contribution is -2.39. The number of ether oxygens (including phenoxy) is 3. The third kappa shape index (κ3) is 2.14. The van der Waals surface area contributed by atoms with E-state index in [-0.39, 0.29) is 11.8 Å². The van der Waals surface area contributed by atoms with Crippen LogP contribution in [0.4, 0.5) is 4.79 Å². The Balaban J connectivity index is 2.23. The molecule has 2 N–H and O–H groups in total. The number of nitrogens with two attached hydrogens (primary N) is 1. The fourth-order valence-electron chi connectivity index (χ4n) is 2.90. The Morgan fingerprint density at radius 2 is 2.17 bits per heavy atom. The zero-order valence-corrected chi connectivity index (χ0v) is 10.4. The molecular weight excluding hydrogens is 238 g/mol. The summed E-state index contributed by atoms with van der Waals surface area (Å²) in [5.74, 6) is -0.133. The van der Waals surface area contributed by atoms with Gasteiger partial charge in [-0.05, 0) is 18.8 Å². The maximum atomic E-state index is 11.6. The minimum absolute atomic E-state index is 0.00514. The van der Waals surface area contributed by atoms with Gasteiger partial charge in [-0.15, -0.1) is 0 Å². The minimum Gasteiger partial charge on any atom is -0.466 e. The molecule has 2 rings (SSSR count). The summed E-state index contributed by atoms with van der Waals surface area (Å²) in [5, 5.41) is 0. The van der Waals surface area contributed by atoms with Crippen LogP contribution in [0.15, 0.2) is 11.8 Å². The van der Waals surface area contributed by atoms with Gasteiger partial charge < -0.3 is 19.9 Å². The molecule has 1 aliphatic carbocycles. The second kappa shape index (κ2) is 4.88. The molecule has 1 aliphatic heterocycles. The third-order valence-corrected chi connectivity index (χ3v) is 3.75. The van der Waals surface area contributed by atoms with Crippen molar-refractivity contribution < 1.29 is 23.8 Å². The topological polar surface area (TPSA) is 87.8 Å². The maximum Gasteiger partial charge on any atom is 0.407 e. The first kappa shape index (κ1) is 12.7. The van der Waals surface area contributed by atoms with E-state index in [9.17, 15) is 9.59 Å². The van der Waals surface area contributed by atoms with E-state index in [1.807, 2.05) is 6.92 Å². The molecule has 100 valence electrons. The number of hydrogen-bond donors (Lipinski definition) is 1. The standard InChI is InChI=1S/C12H17NO5/c1-6-3-4-7-8(10(14)16-2)5-17-11(9(6)7)18-12(13)15/h5-7,9,11H,3-4H2,1-2H3,(H2,13,15). The first-order valence-electron chi connectivity index (χ1n) is 5.94. The van der Waals surface area contributed by atoms with E-state index in [2.05, 4.69) is 0 Å². The van der Waals surface area contributed by atoms with Crippen LogP contribution in [0.1, 0.15) is 19.8 Å². The van der Waals surface area contributed by atoms with Gasteiger partial charge in [0, 0.05) is 11.8 Å². The summed E-state index contributed by atoms with van der Waals surface area (Å²) in [7, 11) is 1.34. The highest BCUT2D eigenvalue weighted by Gasteiger charge is 2.47. The van der Waals surface area contributed by atoms with Gasteiger partial charge in [-0.3, -0.25) is 0 Å². The molecule has 1 fully saturated rings. The molecule has 0 bridgehead atoms. The normalized spacial score (nSPS) is 34.0. The van der Waals surface area contributed by atoms with Crippen molar-refractivity contribution in [3.05, 3.63) is 11.8 Å². The van der Waals surface area contributed by atoms with Crippen LogP contribution in [0, 0.1) is 17.8 Å². The van der Waals surface area contributed by atoms with Crippen LogP contribution >= 0.6 is 0 Å². The Hall–Kier alpha value is -1.72. The van der Waals surface area contributed by atoms with Gasteiger partial charge in [-0.2, -0.15) is 0 Å². The molecule has 0 aromatic rings. The van der Waals surface area contributed by atoms with Crippen molar-refractivity contribution in [1.29, 1.82) is 0 Å². The van der Waals surface area contributed by atoms with E-state index in [4.69, 9.17) is 19.9 Å². The van der Waals surface area contributed by atoms with E-state index >= 15 is 0 Å². The van der Waals surface area contributed by atoms with Crippen molar-refractivity contribution >= 4 is 12.1 Å². The number of carbonyl (C=O) groups is 2. The van der Waals surface area contributed by atoms with Crippen LogP contribution in [0.25, 0.3) is 0 Å². The van der Waals surface area contributed by atoms with Crippen LogP contribution < -0.4 is 5.73 Å². The van der Waals surface area contributed by atoms with Crippen LogP contribution in [0.2, 0.25) is 0 Å². The van der Waals surface area contributed by atoms with Crippen LogP contribution in [0.5, 0.6) is 0 Å². The summed E-state index contributed by atoms with van der Waals surface area (Å²) in [6, 6.07) is 0. The van der Waals surface area contributed by atoms with Crippen molar-refractivity contribution in [2.24, 2.45) is 23.5 Å². The van der Waals surface area contributed by atoms with E-state index in [1.54, 1.807) is 0 Å². The van der Waals surface area contributed by atoms with Gasteiger partial charge in [0.1, 0.15) is 0 Å². The fraction of sp³-hybridized carbons (Fsp3) is 0.667. The SMILES string of the molecule is COC(=O)C1=COC(OC(N)=O)C2C(C)CCC12. The molecule has 1 heterocycles. The molecule has 0 radical (unpaired) electrons. The second-order valence-corrected chi connectivity index (χ2v) is 4.74. The number of primary amides is 1. The summed E-state index contributed by atoms with van der Waals surface area (Å²) in [4.78, 5) is 22.5. The number of fused-ring (bicyclic) bond motifs is 1. The molecule has 18 heavy (non-hydrogen) atoms. The highest BCUT2D eigenvalue weighted by Crippen LogP contribution is 2.46. The molecule has 6 heteroatoms. The zero-order valence-electron chi connectivity index (χ0n) is 10.4. The van der Waals surface area contributed by atoms with Crippen LogP contribution in [-0.2, 0) is 19.0 Å². The quantitative estimate of drug-likeness (QED) is 0.748. The van der Waals surface area contributed by atoms with E-state index in [1.165, 1.54) is 13.4 Å². The summed E-state index contributed by atoms with van der Waals surface area (Å²) in [6.07, 6.45) is 1.56. The molecule has 0 saturated heterocycles. The van der Waals surface area contributed by atoms with Crippen molar-refractivity contribution in [1.82, 2.24) is 0 Å². The van der Waals surface area contributed by atoms with Gasteiger partial charge in [-0.25, -0.2) is 9.59 Å². The molecule has 0 aromatic heterocycles. The molecule has 4 atom stereocenters. The average molecular weight is 255 g/mol. The maximum absolute atomic E-state index is 11.6. The fourth-order valence-corrected chi connectivity index (χ4v) is 2.90. The number of methoxy groups -OCH3 is 1. The second-order valence-electron chi connectivity index (χ2n) is 4.74. The van der Waals surface area contributed by atoms with Gasteiger partial charge in [0.25, 0.3) is 0 Å². The Morgan fingerprint density at radius 3 is 2.78 bits per heavy atom. The smallest absolute Gasteiger partial charge is 0.407 e. The molecule has 4 unspecified atom stereocenters. The van der Waals surface area contributed by atoms with E-state index in [0.29, 0.717) is 11.5 Å². The molecule has 1 saturated carbocycles. The Labute approximate surface area is 105 Å². The number of hydrogen-bond acceptors (Lipinski definition) is 5. The van der Waals surface area contributed by atoms with Gasteiger partial charge in [0.15, 0.2) is 0 Å².